The van der Waals surface area contributed by atoms with E-state index in [2.05, 4.69) is 25.8 Å². The van der Waals surface area contributed by atoms with Gasteiger partial charge in [0.2, 0.25) is 0 Å². The molecule has 0 bridgehead atoms. The summed E-state index contributed by atoms with van der Waals surface area (Å²) in [6.45, 7) is 7.00. The van der Waals surface area contributed by atoms with E-state index in [0.717, 1.165) is 19.0 Å². The van der Waals surface area contributed by atoms with Crippen molar-refractivity contribution in [1.82, 2.24) is 4.90 Å². The summed E-state index contributed by atoms with van der Waals surface area (Å²) in [5, 5.41) is 9.58. The fourth-order valence-electron chi connectivity index (χ4n) is 2.79. The summed E-state index contributed by atoms with van der Waals surface area (Å²) < 4.78 is 0. The highest BCUT2D eigenvalue weighted by molar-refractivity contribution is 4.86. The second kappa shape index (κ2) is 5.13. The Morgan fingerprint density at radius 1 is 1.50 bits per heavy atom. The largest absolute Gasteiger partial charge is 0.396 e. The van der Waals surface area contributed by atoms with Crippen molar-refractivity contribution in [3.05, 3.63) is 0 Å². The molecule has 1 saturated carbocycles. The lowest BCUT2D eigenvalue weighted by molar-refractivity contribution is 0.0322. The molecular formula is C12H25NO. The molecule has 1 rings (SSSR count). The average molecular weight is 199 g/mol. The summed E-state index contributed by atoms with van der Waals surface area (Å²) in [6, 6.07) is 0. The second-order valence-corrected chi connectivity index (χ2v) is 5.19. The van der Waals surface area contributed by atoms with Gasteiger partial charge >= 0.3 is 0 Å². The fraction of sp³-hybridized carbons (Fsp3) is 1.00. The van der Waals surface area contributed by atoms with Crippen molar-refractivity contribution in [2.75, 3.05) is 26.7 Å². The molecule has 0 aromatic rings. The monoisotopic (exact) mass is 199 g/mol. The van der Waals surface area contributed by atoms with Crippen molar-refractivity contribution in [3.8, 4) is 0 Å². The Bertz CT molecular complexity index is 172. The lowest BCUT2D eigenvalue weighted by atomic mass is 9.70. The smallest absolute Gasteiger partial charge is 0.0499 e. The Morgan fingerprint density at radius 3 is 2.71 bits per heavy atom. The summed E-state index contributed by atoms with van der Waals surface area (Å²) in [6.07, 6.45) is 5.04. The van der Waals surface area contributed by atoms with E-state index in [-0.39, 0.29) is 5.41 Å². The Balaban J connectivity index is 2.55. The molecule has 2 unspecified atom stereocenters. The van der Waals surface area contributed by atoms with Crippen molar-refractivity contribution in [2.24, 2.45) is 11.3 Å². The van der Waals surface area contributed by atoms with Crippen molar-refractivity contribution in [2.45, 2.75) is 39.5 Å². The first-order chi connectivity index (χ1) is 6.62. The molecule has 2 heteroatoms. The van der Waals surface area contributed by atoms with Gasteiger partial charge in [-0.3, -0.25) is 0 Å². The third-order valence-electron chi connectivity index (χ3n) is 3.67. The molecule has 1 fully saturated rings. The van der Waals surface area contributed by atoms with Gasteiger partial charge in [-0.05, 0) is 32.4 Å². The molecule has 84 valence electrons. The van der Waals surface area contributed by atoms with Crippen molar-refractivity contribution in [1.29, 1.82) is 0 Å². The second-order valence-electron chi connectivity index (χ2n) is 5.19. The topological polar surface area (TPSA) is 23.5 Å². The van der Waals surface area contributed by atoms with Gasteiger partial charge in [0.25, 0.3) is 0 Å². The van der Waals surface area contributed by atoms with Crippen LogP contribution in [0.1, 0.15) is 39.5 Å². The van der Waals surface area contributed by atoms with E-state index >= 15 is 0 Å². The first-order valence-electron chi connectivity index (χ1n) is 5.91. The number of aliphatic hydroxyl groups is 1. The Labute approximate surface area is 88.3 Å². The number of hydrogen-bond acceptors (Lipinski definition) is 2. The Hall–Kier alpha value is -0.0800. The van der Waals surface area contributed by atoms with Crippen LogP contribution in [0.2, 0.25) is 0 Å². The maximum Gasteiger partial charge on any atom is 0.0499 e. The summed E-state index contributed by atoms with van der Waals surface area (Å²) in [4.78, 5) is 2.33. The lowest BCUT2D eigenvalue weighted by Crippen LogP contribution is -2.41. The molecule has 0 heterocycles. The maximum absolute atomic E-state index is 9.58. The third kappa shape index (κ3) is 2.96. The highest BCUT2D eigenvalue weighted by Gasteiger charge is 2.34. The van der Waals surface area contributed by atoms with E-state index in [1.807, 2.05) is 0 Å². The van der Waals surface area contributed by atoms with E-state index in [9.17, 15) is 5.11 Å². The highest BCUT2D eigenvalue weighted by atomic mass is 16.3. The summed E-state index contributed by atoms with van der Waals surface area (Å²) in [5.41, 5.74) is 0.197. The van der Waals surface area contributed by atoms with Crippen LogP contribution in [-0.2, 0) is 0 Å². The zero-order valence-corrected chi connectivity index (χ0v) is 9.92. The minimum Gasteiger partial charge on any atom is -0.396 e. The molecule has 0 aromatic carbocycles. The van der Waals surface area contributed by atoms with Gasteiger partial charge in [0.1, 0.15) is 0 Å². The Kier molecular flexibility index (Phi) is 4.39. The van der Waals surface area contributed by atoms with Crippen LogP contribution in [0.25, 0.3) is 0 Å². The molecule has 2 nitrogen and oxygen atoms in total. The van der Waals surface area contributed by atoms with Gasteiger partial charge in [-0.15, -0.1) is 0 Å². The van der Waals surface area contributed by atoms with Crippen molar-refractivity contribution < 1.29 is 5.11 Å². The zero-order valence-electron chi connectivity index (χ0n) is 9.92. The van der Waals surface area contributed by atoms with Crippen LogP contribution in [0, 0.1) is 11.3 Å². The molecule has 0 amide bonds. The van der Waals surface area contributed by atoms with Crippen LogP contribution >= 0.6 is 0 Å². The van der Waals surface area contributed by atoms with Crippen LogP contribution < -0.4 is 0 Å². The molecule has 2 atom stereocenters. The van der Waals surface area contributed by atoms with E-state index in [1.54, 1.807) is 0 Å². The minimum atomic E-state index is 0.197. The normalized spacial score (nSPS) is 33.6. The number of aliphatic hydroxyl groups excluding tert-OH is 1. The molecule has 0 saturated heterocycles. The summed E-state index contributed by atoms with van der Waals surface area (Å²) >= 11 is 0. The van der Waals surface area contributed by atoms with Gasteiger partial charge in [0, 0.05) is 18.6 Å². The third-order valence-corrected chi connectivity index (χ3v) is 3.67. The molecule has 1 aliphatic carbocycles. The highest BCUT2D eigenvalue weighted by Crippen LogP contribution is 2.39. The molecular weight excluding hydrogens is 174 g/mol. The fourth-order valence-corrected chi connectivity index (χ4v) is 2.79. The minimum absolute atomic E-state index is 0.197. The van der Waals surface area contributed by atoms with Gasteiger partial charge < -0.3 is 10.0 Å². The molecule has 1 aliphatic rings. The van der Waals surface area contributed by atoms with Gasteiger partial charge in [-0.25, -0.2) is 0 Å². The van der Waals surface area contributed by atoms with Crippen LogP contribution in [0.4, 0.5) is 0 Å². The molecule has 0 aliphatic heterocycles. The van der Waals surface area contributed by atoms with E-state index < -0.39 is 0 Å². The van der Waals surface area contributed by atoms with Gasteiger partial charge in [0.15, 0.2) is 0 Å². The first-order valence-corrected chi connectivity index (χ1v) is 5.91. The number of hydrogen-bond donors (Lipinski definition) is 1. The SMILES string of the molecule is CCN(C)CC1(CO)CCCC(C)C1. The average Bonchev–Trinajstić information content (AvgIpc) is 2.17. The number of nitrogens with zero attached hydrogens (tertiary/aromatic N) is 1. The van der Waals surface area contributed by atoms with Gasteiger partial charge in [0.05, 0.1) is 0 Å². The van der Waals surface area contributed by atoms with E-state index in [0.29, 0.717) is 6.61 Å². The molecule has 0 aromatic heterocycles. The van der Waals surface area contributed by atoms with Crippen LogP contribution in [0.5, 0.6) is 0 Å². The predicted molar refractivity (Wildman–Crippen MR) is 60.3 cm³/mol. The van der Waals surface area contributed by atoms with Crippen molar-refractivity contribution >= 4 is 0 Å². The predicted octanol–water partition coefficient (Wildman–Crippen LogP) is 2.13. The van der Waals surface area contributed by atoms with E-state index in [1.165, 1.54) is 25.7 Å². The van der Waals surface area contributed by atoms with E-state index in [4.69, 9.17) is 0 Å². The van der Waals surface area contributed by atoms with Crippen molar-refractivity contribution in [3.63, 3.8) is 0 Å². The van der Waals surface area contributed by atoms with Gasteiger partial charge in [-0.1, -0.05) is 26.7 Å². The quantitative estimate of drug-likeness (QED) is 0.749. The maximum atomic E-state index is 9.58. The lowest BCUT2D eigenvalue weighted by Gasteiger charge is -2.41. The van der Waals surface area contributed by atoms with Crippen LogP contribution in [0.15, 0.2) is 0 Å². The molecule has 0 spiro atoms. The van der Waals surface area contributed by atoms with Crippen LogP contribution in [-0.4, -0.2) is 36.8 Å². The number of rotatable bonds is 4. The first kappa shape index (κ1) is 12.0. The van der Waals surface area contributed by atoms with Crippen LogP contribution in [0.3, 0.4) is 0 Å². The summed E-state index contributed by atoms with van der Waals surface area (Å²) in [5.74, 6) is 0.793. The Morgan fingerprint density at radius 2 is 2.21 bits per heavy atom. The molecule has 0 radical (unpaired) electrons. The summed E-state index contributed by atoms with van der Waals surface area (Å²) in [7, 11) is 2.15. The zero-order chi connectivity index (χ0) is 10.6. The molecule has 1 N–H and O–H groups in total. The molecule has 14 heavy (non-hydrogen) atoms. The van der Waals surface area contributed by atoms with Gasteiger partial charge in [-0.2, -0.15) is 0 Å². The standard InChI is InChI=1S/C12H25NO/c1-4-13(3)9-12(10-14)7-5-6-11(2)8-12/h11,14H,4-10H2,1-3H3.